The summed E-state index contributed by atoms with van der Waals surface area (Å²) in [5.41, 5.74) is 0.769. The number of hydrogen-bond acceptors (Lipinski definition) is 2. The predicted octanol–water partition coefficient (Wildman–Crippen LogP) is 1.10. The zero-order chi connectivity index (χ0) is 6.16. The first kappa shape index (κ1) is 6.05. The van der Waals surface area contributed by atoms with Crippen LogP contribution in [0.3, 0.4) is 0 Å². The van der Waals surface area contributed by atoms with E-state index in [9.17, 15) is 0 Å². The van der Waals surface area contributed by atoms with Gasteiger partial charge in [0, 0.05) is 13.1 Å². The van der Waals surface area contributed by atoms with Gasteiger partial charge in [0.2, 0.25) is 0 Å². The molecular weight excluding hydrogens is 130 g/mol. The van der Waals surface area contributed by atoms with Crippen LogP contribution in [0.4, 0.5) is 0 Å². The van der Waals surface area contributed by atoms with Crippen molar-refractivity contribution in [2.45, 2.75) is 12.8 Å². The van der Waals surface area contributed by atoms with E-state index in [1.807, 2.05) is 0 Å². The molecule has 52 valence electrons. The lowest BCUT2D eigenvalue weighted by molar-refractivity contribution is 0.153. The third-order valence-electron chi connectivity index (χ3n) is 2.55. The zero-order valence-corrected chi connectivity index (χ0v) is 6.47. The molecule has 0 atom stereocenters. The molecule has 2 rings (SSSR count). The average Bonchev–Trinajstić information content (AvgIpc) is 1.87. The molecule has 1 spiro atoms. The minimum Gasteiger partial charge on any atom is -0.316 e. The van der Waals surface area contributed by atoms with Crippen molar-refractivity contribution < 1.29 is 0 Å². The maximum atomic E-state index is 3.36. The molecule has 0 radical (unpaired) electrons. The van der Waals surface area contributed by atoms with Gasteiger partial charge in [0.05, 0.1) is 0 Å². The highest BCUT2D eigenvalue weighted by molar-refractivity contribution is 7.99. The Labute approximate surface area is 60.6 Å². The summed E-state index contributed by atoms with van der Waals surface area (Å²) >= 11 is 2.12. The molecule has 1 N–H and O–H groups in total. The van der Waals surface area contributed by atoms with Crippen molar-refractivity contribution in [1.82, 2.24) is 5.32 Å². The molecule has 2 aliphatic heterocycles. The van der Waals surface area contributed by atoms with Gasteiger partial charge in [-0.3, -0.25) is 0 Å². The molecule has 0 aromatic carbocycles. The van der Waals surface area contributed by atoms with Gasteiger partial charge in [0.1, 0.15) is 0 Å². The molecule has 2 fully saturated rings. The molecule has 0 bridgehead atoms. The van der Waals surface area contributed by atoms with Crippen LogP contribution in [-0.2, 0) is 0 Å². The Bertz CT molecular complexity index is 101. The number of rotatable bonds is 0. The highest BCUT2D eigenvalue weighted by Crippen LogP contribution is 2.37. The van der Waals surface area contributed by atoms with E-state index in [-0.39, 0.29) is 0 Å². The Morgan fingerprint density at radius 1 is 1.11 bits per heavy atom. The van der Waals surface area contributed by atoms with Gasteiger partial charge in [-0.05, 0) is 29.8 Å². The van der Waals surface area contributed by atoms with E-state index in [2.05, 4.69) is 17.1 Å². The van der Waals surface area contributed by atoms with Crippen molar-refractivity contribution >= 4 is 11.8 Å². The van der Waals surface area contributed by atoms with E-state index in [0.29, 0.717) is 0 Å². The topological polar surface area (TPSA) is 12.0 Å². The second-order valence-corrected chi connectivity index (χ2v) is 4.44. The largest absolute Gasteiger partial charge is 0.316 e. The minimum absolute atomic E-state index is 0.769. The van der Waals surface area contributed by atoms with E-state index in [1.165, 1.54) is 37.4 Å². The zero-order valence-electron chi connectivity index (χ0n) is 5.65. The fraction of sp³-hybridized carbons (Fsp3) is 1.00. The molecule has 0 amide bonds. The first-order chi connectivity index (χ1) is 4.41. The summed E-state index contributed by atoms with van der Waals surface area (Å²) in [7, 11) is 0. The summed E-state index contributed by atoms with van der Waals surface area (Å²) in [5, 5.41) is 3.36. The molecule has 9 heavy (non-hydrogen) atoms. The van der Waals surface area contributed by atoms with Gasteiger partial charge in [0.15, 0.2) is 0 Å². The van der Waals surface area contributed by atoms with Crippen LogP contribution < -0.4 is 5.32 Å². The van der Waals surface area contributed by atoms with Crippen LogP contribution >= 0.6 is 11.8 Å². The molecule has 2 aliphatic rings. The van der Waals surface area contributed by atoms with Gasteiger partial charge in [-0.2, -0.15) is 11.8 Å². The van der Waals surface area contributed by atoms with E-state index in [0.717, 1.165) is 5.41 Å². The summed E-state index contributed by atoms with van der Waals surface area (Å²) in [6.07, 6.45) is 2.93. The van der Waals surface area contributed by atoms with Crippen LogP contribution in [0.15, 0.2) is 0 Å². The van der Waals surface area contributed by atoms with Crippen LogP contribution in [0.2, 0.25) is 0 Å². The van der Waals surface area contributed by atoms with Gasteiger partial charge < -0.3 is 5.32 Å². The van der Waals surface area contributed by atoms with Crippen molar-refractivity contribution in [3.8, 4) is 0 Å². The Morgan fingerprint density at radius 2 is 1.78 bits per heavy atom. The lowest BCUT2D eigenvalue weighted by Gasteiger charge is -2.45. The second kappa shape index (κ2) is 2.17. The van der Waals surface area contributed by atoms with Gasteiger partial charge in [-0.25, -0.2) is 0 Å². The van der Waals surface area contributed by atoms with E-state index < -0.39 is 0 Å². The highest BCUT2D eigenvalue weighted by Gasteiger charge is 2.37. The molecule has 2 heteroatoms. The van der Waals surface area contributed by atoms with Gasteiger partial charge >= 0.3 is 0 Å². The summed E-state index contributed by atoms with van der Waals surface area (Å²) in [4.78, 5) is 0. The molecule has 2 heterocycles. The third kappa shape index (κ3) is 0.987. The van der Waals surface area contributed by atoms with Crippen molar-refractivity contribution in [3.05, 3.63) is 0 Å². The number of thioether (sulfide) groups is 1. The Balaban J connectivity index is 1.93. The number of hydrogen-bond donors (Lipinski definition) is 1. The predicted molar refractivity (Wildman–Crippen MR) is 41.9 cm³/mol. The summed E-state index contributed by atoms with van der Waals surface area (Å²) in [6.45, 7) is 2.60. The van der Waals surface area contributed by atoms with Gasteiger partial charge in [-0.15, -0.1) is 0 Å². The van der Waals surface area contributed by atoms with E-state index in [1.54, 1.807) is 0 Å². The Morgan fingerprint density at radius 3 is 2.11 bits per heavy atom. The standard InChI is InChI=1S/C7H13NS/c1-3-9-4-2-7(1)5-8-6-7/h8H,1-6H2. The van der Waals surface area contributed by atoms with Crippen LogP contribution in [-0.4, -0.2) is 24.6 Å². The van der Waals surface area contributed by atoms with Crippen molar-refractivity contribution in [2.24, 2.45) is 5.41 Å². The number of nitrogens with one attached hydrogen (secondary N) is 1. The lowest BCUT2D eigenvalue weighted by Crippen LogP contribution is -2.54. The first-order valence-electron chi connectivity index (χ1n) is 3.70. The van der Waals surface area contributed by atoms with Crippen molar-refractivity contribution in [2.75, 3.05) is 24.6 Å². The van der Waals surface area contributed by atoms with Gasteiger partial charge in [-0.1, -0.05) is 0 Å². The van der Waals surface area contributed by atoms with Gasteiger partial charge in [0.25, 0.3) is 0 Å². The second-order valence-electron chi connectivity index (χ2n) is 3.22. The maximum Gasteiger partial charge on any atom is 0.00208 e. The van der Waals surface area contributed by atoms with Crippen LogP contribution in [0.5, 0.6) is 0 Å². The summed E-state index contributed by atoms with van der Waals surface area (Å²) in [6, 6.07) is 0. The fourth-order valence-corrected chi connectivity index (χ4v) is 3.00. The normalized spacial score (nSPS) is 32.0. The molecule has 0 aromatic heterocycles. The molecule has 0 aliphatic carbocycles. The van der Waals surface area contributed by atoms with Crippen LogP contribution in [0, 0.1) is 5.41 Å². The monoisotopic (exact) mass is 143 g/mol. The van der Waals surface area contributed by atoms with Crippen molar-refractivity contribution in [3.63, 3.8) is 0 Å². The molecule has 2 saturated heterocycles. The van der Waals surface area contributed by atoms with E-state index in [4.69, 9.17) is 0 Å². The van der Waals surface area contributed by atoms with E-state index >= 15 is 0 Å². The lowest BCUT2D eigenvalue weighted by atomic mass is 9.77. The maximum absolute atomic E-state index is 3.36. The van der Waals surface area contributed by atoms with Crippen molar-refractivity contribution in [1.29, 1.82) is 0 Å². The molecule has 1 nitrogen and oxygen atoms in total. The SMILES string of the molecule is C1CC2(CCS1)CNC2. The molecule has 0 saturated carbocycles. The third-order valence-corrected chi connectivity index (χ3v) is 3.54. The Kier molecular flexibility index (Phi) is 1.46. The highest BCUT2D eigenvalue weighted by atomic mass is 32.2. The summed E-state index contributed by atoms with van der Waals surface area (Å²) < 4.78 is 0. The fourth-order valence-electron chi connectivity index (χ4n) is 1.64. The average molecular weight is 143 g/mol. The molecule has 0 unspecified atom stereocenters. The van der Waals surface area contributed by atoms with Crippen LogP contribution in [0.1, 0.15) is 12.8 Å². The minimum atomic E-state index is 0.769. The molecule has 0 aromatic rings. The molecular formula is C7H13NS. The Hall–Kier alpha value is 0.310. The summed E-state index contributed by atoms with van der Waals surface area (Å²) in [5.74, 6) is 2.81. The first-order valence-corrected chi connectivity index (χ1v) is 4.85. The quantitative estimate of drug-likeness (QED) is 0.545. The van der Waals surface area contributed by atoms with Crippen LogP contribution in [0.25, 0.3) is 0 Å². The smallest absolute Gasteiger partial charge is 0.00208 e.